The molecule has 0 atom stereocenters. The number of benzene rings is 1. The fraction of sp³-hybridized carbons (Fsp3) is 0.0833. The molecular weight excluding hydrogens is 363 g/mol. The maximum atomic E-state index is 6.24. The third-order valence-corrected chi connectivity index (χ3v) is 5.39. The Labute approximate surface area is 142 Å². The van der Waals surface area contributed by atoms with E-state index in [9.17, 15) is 0 Å². The second-order valence-corrected chi connectivity index (χ2v) is 6.93. The normalized spacial score (nSPS) is 11.4. The first kappa shape index (κ1) is 14.0. The molecule has 22 heavy (non-hydrogen) atoms. The van der Waals surface area contributed by atoms with Crippen LogP contribution >= 0.6 is 46.1 Å². The number of rotatable bonds is 2. The number of hydrogen-bond acceptors (Lipinski definition) is 7. The van der Waals surface area contributed by atoms with Crippen LogP contribution in [-0.4, -0.2) is 29.4 Å². The average molecular weight is 369 g/mol. The Morgan fingerprint density at radius 3 is 2.55 bits per heavy atom. The highest BCUT2D eigenvalue weighted by Gasteiger charge is 2.20. The van der Waals surface area contributed by atoms with Crippen molar-refractivity contribution in [2.24, 2.45) is 0 Å². The number of aryl methyl sites for hydroxylation is 1. The predicted octanol–water partition coefficient (Wildman–Crippen LogP) is 3.99. The van der Waals surface area contributed by atoms with E-state index in [0.29, 0.717) is 31.4 Å². The molecule has 4 rings (SSSR count). The van der Waals surface area contributed by atoms with E-state index in [0.717, 1.165) is 10.6 Å². The van der Waals surface area contributed by atoms with Crippen molar-refractivity contribution in [3.05, 3.63) is 33.9 Å². The van der Waals surface area contributed by atoms with Gasteiger partial charge in [-0.3, -0.25) is 0 Å². The Morgan fingerprint density at radius 2 is 1.86 bits per heavy atom. The van der Waals surface area contributed by atoms with E-state index in [1.165, 1.54) is 22.9 Å². The van der Waals surface area contributed by atoms with Crippen LogP contribution in [0.25, 0.3) is 26.2 Å². The van der Waals surface area contributed by atoms with Gasteiger partial charge in [0.05, 0.1) is 15.7 Å². The molecule has 0 aliphatic rings. The van der Waals surface area contributed by atoms with E-state index < -0.39 is 0 Å². The monoisotopic (exact) mass is 368 g/mol. The summed E-state index contributed by atoms with van der Waals surface area (Å²) < 4.78 is 5.59. The van der Waals surface area contributed by atoms with Gasteiger partial charge in [-0.2, -0.15) is 9.61 Å². The molecule has 0 radical (unpaired) electrons. The molecule has 0 spiro atoms. The summed E-state index contributed by atoms with van der Waals surface area (Å²) >= 11 is 15.1. The molecule has 10 heteroatoms. The fourth-order valence-corrected chi connectivity index (χ4v) is 4.23. The van der Waals surface area contributed by atoms with Gasteiger partial charge in [-0.05, 0) is 30.6 Å². The quantitative estimate of drug-likeness (QED) is 0.535. The zero-order valence-electron chi connectivity index (χ0n) is 11.0. The van der Waals surface area contributed by atoms with Gasteiger partial charge < -0.3 is 0 Å². The van der Waals surface area contributed by atoms with Crippen LogP contribution < -0.4 is 0 Å². The molecular formula is C12H6Cl2N6S2. The number of fused-ring (bicyclic) bond motifs is 1. The van der Waals surface area contributed by atoms with Crippen LogP contribution in [0.3, 0.4) is 0 Å². The first-order valence-electron chi connectivity index (χ1n) is 6.11. The van der Waals surface area contributed by atoms with Crippen molar-refractivity contribution >= 4 is 51.0 Å². The first-order chi connectivity index (χ1) is 10.6. The minimum atomic E-state index is 0.551. The van der Waals surface area contributed by atoms with Gasteiger partial charge in [0.2, 0.25) is 4.96 Å². The zero-order chi connectivity index (χ0) is 15.3. The number of hydrogen-bond donors (Lipinski definition) is 0. The van der Waals surface area contributed by atoms with E-state index in [2.05, 4.69) is 24.9 Å². The molecule has 0 saturated carbocycles. The van der Waals surface area contributed by atoms with E-state index in [4.69, 9.17) is 23.2 Å². The van der Waals surface area contributed by atoms with Gasteiger partial charge >= 0.3 is 0 Å². The Kier molecular flexibility index (Phi) is 3.33. The molecule has 6 nitrogen and oxygen atoms in total. The molecule has 0 amide bonds. The number of halogens is 2. The van der Waals surface area contributed by atoms with Crippen LogP contribution in [0.15, 0.2) is 18.2 Å². The molecule has 1 aromatic carbocycles. The van der Waals surface area contributed by atoms with Gasteiger partial charge in [0.25, 0.3) is 0 Å². The second kappa shape index (κ2) is 5.24. The number of nitrogens with zero attached hydrogens (tertiary/aromatic N) is 6. The predicted molar refractivity (Wildman–Crippen MR) is 87.8 cm³/mol. The summed E-state index contributed by atoms with van der Waals surface area (Å²) in [5, 5.41) is 18.7. The maximum Gasteiger partial charge on any atom is 0.235 e. The van der Waals surface area contributed by atoms with Crippen molar-refractivity contribution in [3.8, 4) is 21.3 Å². The highest BCUT2D eigenvalue weighted by molar-refractivity contribution is 7.20. The van der Waals surface area contributed by atoms with Crippen molar-refractivity contribution in [2.45, 2.75) is 6.92 Å². The minimum absolute atomic E-state index is 0.551. The third-order valence-electron chi connectivity index (χ3n) is 3.02. The maximum absolute atomic E-state index is 6.24. The zero-order valence-corrected chi connectivity index (χ0v) is 14.1. The highest BCUT2D eigenvalue weighted by atomic mass is 35.5. The van der Waals surface area contributed by atoms with Crippen molar-refractivity contribution in [2.75, 3.05) is 0 Å². The Morgan fingerprint density at radius 1 is 1.09 bits per heavy atom. The standard InChI is InChI=1S/C12H6Cl2N6S2/c1-5-9(22-19-15-5)10-16-17-12-20(10)18-11(21-12)8-6(13)3-2-4-7(8)14/h2-4H,1H3. The molecule has 4 aromatic rings. The van der Waals surface area contributed by atoms with Gasteiger partial charge in [-0.15, -0.1) is 15.3 Å². The first-order valence-corrected chi connectivity index (χ1v) is 8.45. The molecule has 0 fully saturated rings. The lowest BCUT2D eigenvalue weighted by Crippen LogP contribution is -1.91. The largest absolute Gasteiger partial charge is 0.235 e. The molecule has 3 aromatic heterocycles. The molecule has 0 unspecified atom stereocenters. The van der Waals surface area contributed by atoms with Crippen LogP contribution in [0.4, 0.5) is 0 Å². The van der Waals surface area contributed by atoms with E-state index in [1.807, 2.05) is 6.92 Å². The summed E-state index contributed by atoms with van der Waals surface area (Å²) in [5.41, 5.74) is 1.50. The van der Waals surface area contributed by atoms with E-state index in [-0.39, 0.29) is 0 Å². The summed E-state index contributed by atoms with van der Waals surface area (Å²) in [6, 6.07) is 5.36. The molecule has 0 saturated heterocycles. The summed E-state index contributed by atoms with van der Waals surface area (Å²) in [5.74, 6) is 0.619. The average Bonchev–Trinajstić information content (AvgIpc) is 3.14. The van der Waals surface area contributed by atoms with E-state index >= 15 is 0 Å². The van der Waals surface area contributed by atoms with Gasteiger partial charge in [0.15, 0.2) is 10.8 Å². The lowest BCUT2D eigenvalue weighted by Gasteiger charge is -2.01. The fourth-order valence-electron chi connectivity index (χ4n) is 2.00. The van der Waals surface area contributed by atoms with Crippen LogP contribution in [0.1, 0.15) is 5.69 Å². The molecule has 0 aliphatic heterocycles. The minimum Gasteiger partial charge on any atom is -0.181 e. The third kappa shape index (κ3) is 2.11. The number of aromatic nitrogens is 6. The lowest BCUT2D eigenvalue weighted by molar-refractivity contribution is 0.969. The van der Waals surface area contributed by atoms with Gasteiger partial charge in [0.1, 0.15) is 4.88 Å². The van der Waals surface area contributed by atoms with Crippen molar-refractivity contribution < 1.29 is 0 Å². The summed E-state index contributed by atoms with van der Waals surface area (Å²) in [7, 11) is 0. The molecule has 0 N–H and O–H groups in total. The molecule has 3 heterocycles. The topological polar surface area (TPSA) is 68.9 Å². The van der Waals surface area contributed by atoms with Gasteiger partial charge in [-0.25, -0.2) is 0 Å². The Bertz CT molecular complexity index is 969. The Hall–Kier alpha value is -1.61. The summed E-state index contributed by atoms with van der Waals surface area (Å²) in [4.78, 5) is 1.50. The van der Waals surface area contributed by atoms with Crippen molar-refractivity contribution in [3.63, 3.8) is 0 Å². The van der Waals surface area contributed by atoms with Crippen molar-refractivity contribution in [1.29, 1.82) is 0 Å². The van der Waals surface area contributed by atoms with Crippen LogP contribution in [0.5, 0.6) is 0 Å². The van der Waals surface area contributed by atoms with Crippen LogP contribution in [-0.2, 0) is 0 Å². The highest BCUT2D eigenvalue weighted by Crippen LogP contribution is 2.37. The van der Waals surface area contributed by atoms with Crippen LogP contribution in [0.2, 0.25) is 10.0 Å². The smallest absolute Gasteiger partial charge is 0.181 e. The van der Waals surface area contributed by atoms with Gasteiger partial charge in [0, 0.05) is 5.56 Å². The molecule has 0 aliphatic carbocycles. The SMILES string of the molecule is Cc1nnsc1-c1nnc2sc(-c3c(Cl)cccc3Cl)nn12. The van der Waals surface area contributed by atoms with Crippen LogP contribution in [0, 0.1) is 6.92 Å². The molecule has 110 valence electrons. The molecule has 0 bridgehead atoms. The van der Waals surface area contributed by atoms with Gasteiger partial charge in [-0.1, -0.05) is 45.1 Å². The van der Waals surface area contributed by atoms with E-state index in [1.54, 1.807) is 22.7 Å². The Balaban J connectivity index is 1.93. The van der Waals surface area contributed by atoms with Crippen molar-refractivity contribution in [1.82, 2.24) is 29.4 Å². The summed E-state index contributed by atoms with van der Waals surface area (Å²) in [6.07, 6.45) is 0. The second-order valence-electron chi connectivity index (χ2n) is 4.41. The summed E-state index contributed by atoms with van der Waals surface area (Å²) in [6.45, 7) is 1.87. The lowest BCUT2D eigenvalue weighted by atomic mass is 10.2.